The number of para-hydroxylation sites is 5. The van der Waals surface area contributed by atoms with Crippen LogP contribution in [0.4, 0.5) is 39.8 Å². The molecule has 2 aliphatic heterocycles. The average molecular weight is 850 g/mol. The van der Waals surface area contributed by atoms with Gasteiger partial charge in [-0.1, -0.05) is 161 Å². The Morgan fingerprint density at radius 1 is 0.424 bits per heavy atom. The third-order valence-electron chi connectivity index (χ3n) is 13.4. The van der Waals surface area contributed by atoms with Crippen LogP contribution in [0.5, 0.6) is 0 Å². The molecule has 0 fully saturated rings. The smallest absolute Gasteiger partial charge is 0.194 e. The Balaban J connectivity index is 1.21. The number of hydrogen-bond acceptors (Lipinski definition) is 6. The number of fused-ring (bicyclic) bond motifs is 4. The van der Waals surface area contributed by atoms with E-state index in [1.807, 2.05) is 72.8 Å². The summed E-state index contributed by atoms with van der Waals surface area (Å²) < 4.78 is 0. The van der Waals surface area contributed by atoms with Gasteiger partial charge in [-0.3, -0.25) is 0 Å². The monoisotopic (exact) mass is 849 g/mol. The first-order valence-electron chi connectivity index (χ1n) is 22.1. The molecule has 0 aliphatic carbocycles. The van der Waals surface area contributed by atoms with Gasteiger partial charge >= 0.3 is 0 Å². The Hall–Kier alpha value is -8.65. The average Bonchev–Trinajstić information content (AvgIpc) is 3.37. The maximum Gasteiger partial charge on any atom is 0.194 e. The molecular formula is C59H43N7. The number of benzene rings is 8. The van der Waals surface area contributed by atoms with Crippen LogP contribution in [0.1, 0.15) is 55.5 Å². The van der Waals surface area contributed by atoms with Gasteiger partial charge < -0.3 is 9.80 Å². The fourth-order valence-corrected chi connectivity index (χ4v) is 10.1. The minimum absolute atomic E-state index is 0.272. The van der Waals surface area contributed by atoms with Crippen molar-refractivity contribution in [2.24, 2.45) is 0 Å². The van der Waals surface area contributed by atoms with Gasteiger partial charge in [0.15, 0.2) is 23.2 Å². The number of nitriles is 1. The lowest BCUT2D eigenvalue weighted by Gasteiger charge is -2.42. The highest BCUT2D eigenvalue weighted by molar-refractivity contribution is 5.96. The summed E-state index contributed by atoms with van der Waals surface area (Å²) in [7, 11) is 0. The van der Waals surface area contributed by atoms with Gasteiger partial charge in [0, 0.05) is 27.5 Å². The molecule has 314 valence electrons. The number of rotatable bonds is 6. The van der Waals surface area contributed by atoms with E-state index in [-0.39, 0.29) is 10.8 Å². The Kier molecular flexibility index (Phi) is 9.46. The molecule has 0 saturated heterocycles. The highest BCUT2D eigenvalue weighted by atomic mass is 15.2. The van der Waals surface area contributed by atoms with E-state index in [1.165, 1.54) is 22.3 Å². The normalized spacial score (nSPS) is 13.9. The lowest BCUT2D eigenvalue weighted by atomic mass is 9.73. The third kappa shape index (κ3) is 6.36. The summed E-state index contributed by atoms with van der Waals surface area (Å²) in [5.74, 6) is 1.42. The molecule has 0 radical (unpaired) electrons. The van der Waals surface area contributed by atoms with E-state index in [2.05, 4.69) is 164 Å². The van der Waals surface area contributed by atoms with Crippen molar-refractivity contribution in [2.75, 3.05) is 9.80 Å². The fraction of sp³-hybridized carbons (Fsp3) is 0.102. The van der Waals surface area contributed by atoms with Crippen molar-refractivity contribution in [3.05, 3.63) is 227 Å². The fourth-order valence-electron chi connectivity index (χ4n) is 10.1. The molecule has 0 N–H and O–H groups in total. The molecule has 1 aromatic heterocycles. The molecule has 0 saturated carbocycles. The van der Waals surface area contributed by atoms with Crippen LogP contribution in [0.15, 0.2) is 188 Å². The van der Waals surface area contributed by atoms with Crippen LogP contribution in [-0.2, 0) is 10.8 Å². The zero-order chi connectivity index (χ0) is 45.2. The van der Waals surface area contributed by atoms with Crippen molar-refractivity contribution >= 4 is 39.8 Å². The summed E-state index contributed by atoms with van der Waals surface area (Å²) in [5, 5.41) is 10.4. The molecule has 0 atom stereocenters. The summed E-state index contributed by atoms with van der Waals surface area (Å²) in [6, 6.07) is 66.5. The van der Waals surface area contributed by atoms with Crippen molar-refractivity contribution in [3.8, 4) is 51.4 Å². The van der Waals surface area contributed by atoms with Gasteiger partial charge in [0.05, 0.1) is 52.3 Å². The van der Waals surface area contributed by atoms with E-state index in [4.69, 9.17) is 21.5 Å². The Morgan fingerprint density at radius 2 is 0.894 bits per heavy atom. The van der Waals surface area contributed by atoms with E-state index in [0.717, 1.165) is 61.9 Å². The minimum atomic E-state index is -0.286. The number of anilines is 6. The van der Waals surface area contributed by atoms with E-state index in [9.17, 15) is 5.26 Å². The topological polar surface area (TPSA) is 73.3 Å². The minimum Gasteiger partial charge on any atom is -0.309 e. The maximum atomic E-state index is 10.4. The zero-order valence-corrected chi connectivity index (χ0v) is 37.0. The summed E-state index contributed by atoms with van der Waals surface area (Å²) >= 11 is 0. The van der Waals surface area contributed by atoms with E-state index in [0.29, 0.717) is 28.7 Å². The SMILES string of the molecule is [C-]#[N+]c1ccccc1-c1ccc(N2c3ccccc3C(C)(C)c3ccccc32)c(-c2nc(-c3ccccc3)nc(-c3ccc(C#N)cc3N3c4ccccc4C(C)(C)c4ccccc43)n2)c1. The highest BCUT2D eigenvalue weighted by Crippen LogP contribution is 2.55. The molecule has 66 heavy (non-hydrogen) atoms. The maximum absolute atomic E-state index is 10.4. The summed E-state index contributed by atoms with van der Waals surface area (Å²) in [4.78, 5) is 24.7. The first-order chi connectivity index (χ1) is 32.2. The zero-order valence-electron chi connectivity index (χ0n) is 37.0. The van der Waals surface area contributed by atoms with Crippen LogP contribution in [0.2, 0.25) is 0 Å². The van der Waals surface area contributed by atoms with Crippen molar-refractivity contribution < 1.29 is 0 Å². The van der Waals surface area contributed by atoms with Crippen LogP contribution in [0.25, 0.3) is 50.1 Å². The van der Waals surface area contributed by atoms with Crippen molar-refractivity contribution in [3.63, 3.8) is 0 Å². The van der Waals surface area contributed by atoms with Gasteiger partial charge in [-0.15, -0.1) is 0 Å². The molecule has 8 aromatic carbocycles. The highest BCUT2D eigenvalue weighted by Gasteiger charge is 2.39. The molecule has 7 heteroatoms. The van der Waals surface area contributed by atoms with Gasteiger partial charge in [-0.05, 0) is 88.0 Å². The third-order valence-corrected chi connectivity index (χ3v) is 13.4. The van der Waals surface area contributed by atoms with Gasteiger partial charge in [-0.25, -0.2) is 19.8 Å². The van der Waals surface area contributed by atoms with Crippen LogP contribution in [-0.4, -0.2) is 15.0 Å². The molecule has 2 aliphatic rings. The van der Waals surface area contributed by atoms with E-state index < -0.39 is 0 Å². The predicted molar refractivity (Wildman–Crippen MR) is 266 cm³/mol. The first kappa shape index (κ1) is 40.1. The van der Waals surface area contributed by atoms with Crippen LogP contribution < -0.4 is 9.80 Å². The second kappa shape index (κ2) is 15.6. The Labute approximate surface area is 385 Å². The molecule has 0 unspecified atom stereocenters. The quantitative estimate of drug-likeness (QED) is 0.155. The van der Waals surface area contributed by atoms with Gasteiger partial charge in [0.25, 0.3) is 0 Å². The second-order valence-electron chi connectivity index (χ2n) is 17.9. The lowest BCUT2D eigenvalue weighted by molar-refractivity contribution is 0.632. The Morgan fingerprint density at radius 3 is 1.44 bits per heavy atom. The van der Waals surface area contributed by atoms with Crippen molar-refractivity contribution in [1.29, 1.82) is 5.26 Å². The second-order valence-corrected chi connectivity index (χ2v) is 17.9. The standard InChI is InChI=1S/C59H43N7/c1-58(2)44-22-10-15-27-50(44)65(51-28-16-11-23-45(51)58)49-34-32-40(41-21-9-14-26-48(41)61-5)36-43(49)57-63-55(39-19-7-6-8-20-39)62-56(64-57)42-33-31-38(37-60)35-54(42)66-52-29-17-12-24-46(52)59(3,4)47-25-13-18-30-53(47)66/h6-36H,1-4H3. The largest absolute Gasteiger partial charge is 0.309 e. The number of hydrogen-bond donors (Lipinski definition) is 0. The van der Waals surface area contributed by atoms with Crippen molar-refractivity contribution in [2.45, 2.75) is 38.5 Å². The molecule has 9 aromatic rings. The molecular weight excluding hydrogens is 807 g/mol. The van der Waals surface area contributed by atoms with E-state index >= 15 is 0 Å². The molecule has 3 heterocycles. The van der Waals surface area contributed by atoms with Crippen molar-refractivity contribution in [1.82, 2.24) is 15.0 Å². The van der Waals surface area contributed by atoms with Crippen LogP contribution in [0.3, 0.4) is 0 Å². The molecule has 7 nitrogen and oxygen atoms in total. The summed E-state index contributed by atoms with van der Waals surface area (Å²) in [5.41, 5.74) is 15.1. The lowest BCUT2D eigenvalue weighted by Crippen LogP contribution is -2.30. The van der Waals surface area contributed by atoms with Gasteiger partial charge in [0.2, 0.25) is 0 Å². The van der Waals surface area contributed by atoms with Gasteiger partial charge in [-0.2, -0.15) is 5.26 Å². The van der Waals surface area contributed by atoms with Crippen LogP contribution >= 0.6 is 0 Å². The first-order valence-corrected chi connectivity index (χ1v) is 22.1. The van der Waals surface area contributed by atoms with Gasteiger partial charge in [0.1, 0.15) is 0 Å². The number of nitrogens with zero attached hydrogens (tertiary/aromatic N) is 7. The molecule has 11 rings (SSSR count). The molecule has 0 amide bonds. The summed E-state index contributed by atoms with van der Waals surface area (Å²) in [6.07, 6.45) is 0. The summed E-state index contributed by atoms with van der Waals surface area (Å²) in [6.45, 7) is 17.2. The molecule has 0 bridgehead atoms. The van der Waals surface area contributed by atoms with E-state index in [1.54, 1.807) is 0 Å². The van der Waals surface area contributed by atoms with Crippen LogP contribution in [0, 0.1) is 17.9 Å². The molecule has 0 spiro atoms. The number of aromatic nitrogens is 3. The Bertz CT molecular complexity index is 3380. The predicted octanol–water partition coefficient (Wildman–Crippen LogP) is 15.2.